The SMILES string of the molecule is CC(=O)O[C@@H]1[C@@H](O)[C@H](C)O[C@@H](OC[C@H]2O[C@@H](OC3CC4C(O)CC(O)CC4[OH+]C3C3CC(O)C(O)C(O)C3)[C@H](O)[C@@H](O)[C@@H]2O)[C@@H]1O. The molecule has 46 heavy (non-hydrogen) atoms. The molecule has 8 unspecified atom stereocenters. The quantitative estimate of drug-likeness (QED) is 0.0896. The van der Waals surface area contributed by atoms with E-state index in [9.17, 15) is 55.9 Å². The lowest BCUT2D eigenvalue weighted by atomic mass is 9.72. The predicted molar refractivity (Wildman–Crippen MR) is 149 cm³/mol. The van der Waals surface area contributed by atoms with E-state index in [2.05, 4.69) is 0 Å². The van der Waals surface area contributed by atoms with Crippen LogP contribution in [-0.2, 0) is 28.5 Å². The molecule has 17 nitrogen and oxygen atoms in total. The molecule has 0 aromatic heterocycles. The molecule has 0 aromatic carbocycles. The molecule has 0 amide bonds. The molecule has 3 heterocycles. The van der Waals surface area contributed by atoms with Crippen molar-refractivity contribution in [2.24, 2.45) is 11.8 Å². The Morgan fingerprint density at radius 2 is 1.41 bits per heavy atom. The average Bonchev–Trinajstić information content (AvgIpc) is 2.99. The standard InChI is InChI=1S/C29H48O17/c1-9-20(35)27(43-10(2)30)25(40)28(42-9)41-8-19-22(37)23(38)24(39)29(46-19)45-18-7-13-14(32)5-12(31)6-17(13)44-26(18)11-3-15(33)21(36)16(34)4-11/h9,11-29,31-40H,3-8H2,1-2H3/p+1/t9-,11?,12?,13?,14?,15?,16?,17?,18?,19+,20-,21?,22+,23-,24+,25+,26?,27+,28+,29+/m0/s1. The second kappa shape index (κ2) is 14.8. The van der Waals surface area contributed by atoms with Crippen LogP contribution in [0.4, 0.5) is 0 Å². The monoisotopic (exact) mass is 669 g/mol. The van der Waals surface area contributed by atoms with Crippen LogP contribution in [0.25, 0.3) is 0 Å². The molecule has 11 N–H and O–H groups in total. The fourth-order valence-corrected chi connectivity index (χ4v) is 7.56. The number of esters is 1. The summed E-state index contributed by atoms with van der Waals surface area (Å²) in [5.41, 5.74) is 0. The van der Waals surface area contributed by atoms with Crippen molar-refractivity contribution in [1.29, 1.82) is 0 Å². The number of aliphatic hydroxyl groups is 12. The van der Waals surface area contributed by atoms with Crippen LogP contribution in [0.1, 0.15) is 46.0 Å². The maximum atomic E-state index is 11.5. The van der Waals surface area contributed by atoms with Crippen LogP contribution in [0, 0.1) is 11.8 Å². The highest BCUT2D eigenvalue weighted by Gasteiger charge is 2.56. The second-order valence-electron chi connectivity index (χ2n) is 13.4. The number of ether oxygens (including phenoxy) is 6. The zero-order chi connectivity index (χ0) is 33.6. The van der Waals surface area contributed by atoms with Crippen molar-refractivity contribution in [3.05, 3.63) is 0 Å². The molecular formula is C29H49O17+. The van der Waals surface area contributed by atoms with Crippen molar-refractivity contribution in [2.75, 3.05) is 6.61 Å². The normalized spacial score (nSPS) is 53.3. The first kappa shape index (κ1) is 36.2. The zero-order valence-corrected chi connectivity index (χ0v) is 25.7. The van der Waals surface area contributed by atoms with Gasteiger partial charge >= 0.3 is 5.97 Å². The zero-order valence-electron chi connectivity index (χ0n) is 25.7. The summed E-state index contributed by atoms with van der Waals surface area (Å²) in [6.07, 6.45) is -21.5. The van der Waals surface area contributed by atoms with Crippen LogP contribution in [0.5, 0.6) is 0 Å². The molecule has 0 radical (unpaired) electrons. The number of fused-ring (bicyclic) bond motifs is 1. The van der Waals surface area contributed by atoms with Crippen molar-refractivity contribution in [2.45, 2.75) is 156 Å². The van der Waals surface area contributed by atoms with Crippen molar-refractivity contribution in [1.82, 2.24) is 0 Å². The van der Waals surface area contributed by atoms with Crippen molar-refractivity contribution in [3.63, 3.8) is 0 Å². The van der Waals surface area contributed by atoms with E-state index in [0.29, 0.717) is 6.42 Å². The number of hydrogen-bond donors (Lipinski definition) is 10. The highest BCUT2D eigenvalue weighted by atomic mass is 16.7. The third-order valence-electron chi connectivity index (χ3n) is 10.1. The van der Waals surface area contributed by atoms with Gasteiger partial charge in [0.15, 0.2) is 30.9 Å². The lowest BCUT2D eigenvalue weighted by Crippen LogP contribution is -2.64. The van der Waals surface area contributed by atoms with E-state index in [1.807, 2.05) is 0 Å². The van der Waals surface area contributed by atoms with E-state index >= 15 is 0 Å². The Morgan fingerprint density at radius 3 is 2.07 bits per heavy atom. The summed E-state index contributed by atoms with van der Waals surface area (Å²) in [5.74, 6) is -1.65. The Balaban J connectivity index is 1.30. The summed E-state index contributed by atoms with van der Waals surface area (Å²) in [6, 6.07) is 0. The summed E-state index contributed by atoms with van der Waals surface area (Å²) in [6.45, 7) is 2.09. The highest BCUT2D eigenvalue weighted by Crippen LogP contribution is 2.42. The fourth-order valence-electron chi connectivity index (χ4n) is 7.56. The summed E-state index contributed by atoms with van der Waals surface area (Å²) < 4.78 is 33.1. The lowest BCUT2D eigenvalue weighted by molar-refractivity contribution is -0.363. The molecule has 0 bridgehead atoms. The molecule has 0 spiro atoms. The van der Waals surface area contributed by atoms with E-state index in [4.69, 9.17) is 28.4 Å². The van der Waals surface area contributed by atoms with Gasteiger partial charge in [-0.05, 0) is 26.2 Å². The molecule has 0 aromatic rings. The Hall–Kier alpha value is -1.13. The third kappa shape index (κ3) is 7.54. The molecule has 5 fully saturated rings. The molecule has 18 atom stereocenters. The first-order chi connectivity index (χ1) is 21.7. The van der Waals surface area contributed by atoms with E-state index < -0.39 is 135 Å². The van der Waals surface area contributed by atoms with Gasteiger partial charge in [-0.1, -0.05) is 0 Å². The van der Waals surface area contributed by atoms with Gasteiger partial charge in [-0.25, -0.2) is 0 Å². The third-order valence-corrected chi connectivity index (χ3v) is 10.1. The van der Waals surface area contributed by atoms with Crippen LogP contribution in [0.15, 0.2) is 0 Å². The number of rotatable bonds is 7. The highest BCUT2D eigenvalue weighted by molar-refractivity contribution is 5.66. The fraction of sp³-hybridized carbons (Fsp3) is 0.966. The molecule has 2 saturated carbocycles. The van der Waals surface area contributed by atoms with Gasteiger partial charge in [0.2, 0.25) is 0 Å². The first-order valence-electron chi connectivity index (χ1n) is 15.9. The number of carbonyl (C=O) groups excluding carboxylic acids is 1. The van der Waals surface area contributed by atoms with Gasteiger partial charge < -0.3 is 79.5 Å². The van der Waals surface area contributed by atoms with Gasteiger partial charge in [0, 0.05) is 25.7 Å². The van der Waals surface area contributed by atoms with Gasteiger partial charge in [0.05, 0.1) is 43.0 Å². The summed E-state index contributed by atoms with van der Waals surface area (Å²) in [5, 5.41) is 105. The van der Waals surface area contributed by atoms with Gasteiger partial charge in [-0.3, -0.25) is 4.79 Å². The number of carbonyl (C=O) groups is 1. The minimum absolute atomic E-state index is 0.0752. The summed E-state index contributed by atoms with van der Waals surface area (Å²) >= 11 is 0. The lowest BCUT2D eigenvalue weighted by Gasteiger charge is -2.49. The molecular weight excluding hydrogens is 620 g/mol. The van der Waals surface area contributed by atoms with Gasteiger partial charge in [0.25, 0.3) is 0 Å². The van der Waals surface area contributed by atoms with Crippen LogP contribution >= 0.6 is 0 Å². The Labute approximate surface area is 265 Å². The minimum atomic E-state index is -1.77. The van der Waals surface area contributed by atoms with Crippen molar-refractivity contribution >= 4 is 5.97 Å². The Morgan fingerprint density at radius 1 is 0.739 bits per heavy atom. The molecule has 5 aliphatic rings. The van der Waals surface area contributed by atoms with E-state index in [1.54, 1.807) is 0 Å². The molecule has 5 rings (SSSR count). The van der Waals surface area contributed by atoms with E-state index in [-0.39, 0.29) is 25.7 Å². The number of hydrogen-bond acceptors (Lipinski definition) is 16. The van der Waals surface area contributed by atoms with Gasteiger partial charge in [0.1, 0.15) is 48.8 Å². The predicted octanol–water partition coefficient (Wildman–Crippen LogP) is -5.11. The van der Waals surface area contributed by atoms with Gasteiger partial charge in [-0.15, -0.1) is 0 Å². The maximum absolute atomic E-state index is 11.5. The van der Waals surface area contributed by atoms with E-state index in [1.165, 1.54) is 6.92 Å². The topological polar surface area (TPSA) is 278 Å². The molecule has 3 saturated heterocycles. The van der Waals surface area contributed by atoms with Crippen molar-refractivity contribution in [3.8, 4) is 0 Å². The Kier molecular flexibility index (Phi) is 11.6. The molecule has 3 aliphatic heterocycles. The van der Waals surface area contributed by atoms with Gasteiger partial charge in [-0.2, -0.15) is 0 Å². The van der Waals surface area contributed by atoms with Crippen LogP contribution in [0.3, 0.4) is 0 Å². The van der Waals surface area contributed by atoms with E-state index in [0.717, 1.165) is 6.92 Å². The summed E-state index contributed by atoms with van der Waals surface area (Å²) in [7, 11) is 0. The van der Waals surface area contributed by atoms with Crippen LogP contribution in [-0.4, -0.2) is 179 Å². The number of aliphatic hydroxyl groups excluding tert-OH is 10. The largest absolute Gasteiger partial charge is 0.457 e. The molecule has 266 valence electrons. The Bertz CT molecular complexity index is 1010. The second-order valence-corrected chi connectivity index (χ2v) is 13.4. The van der Waals surface area contributed by atoms with Crippen LogP contribution < -0.4 is 0 Å². The smallest absolute Gasteiger partial charge is 0.303 e. The molecule has 17 heteroatoms. The molecule has 2 aliphatic carbocycles. The average molecular weight is 670 g/mol. The van der Waals surface area contributed by atoms with Crippen molar-refractivity contribution < 1.29 is 84.3 Å². The van der Waals surface area contributed by atoms with Crippen LogP contribution in [0.2, 0.25) is 0 Å². The first-order valence-corrected chi connectivity index (χ1v) is 15.9. The maximum Gasteiger partial charge on any atom is 0.303 e. The minimum Gasteiger partial charge on any atom is -0.457 e. The summed E-state index contributed by atoms with van der Waals surface area (Å²) in [4.78, 5) is 11.5.